The molecule has 1 N–H and O–H groups in total. The summed E-state index contributed by atoms with van der Waals surface area (Å²) in [5, 5.41) is 9.12. The summed E-state index contributed by atoms with van der Waals surface area (Å²) in [6.07, 6.45) is 1.50. The molecule has 5 nitrogen and oxygen atoms in total. The molecule has 5 heteroatoms. The van der Waals surface area contributed by atoms with Gasteiger partial charge in [-0.05, 0) is 12.8 Å². The number of ether oxygens (including phenoxy) is 1. The Morgan fingerprint density at radius 2 is 2.18 bits per heavy atom. The van der Waals surface area contributed by atoms with E-state index in [1.54, 1.807) is 0 Å². The minimum absolute atomic E-state index is 0.0816. The zero-order valence-electron chi connectivity index (χ0n) is 10.3. The molecular formula is C12H17NO4. The maximum atomic E-state index is 11.1. The van der Waals surface area contributed by atoms with Crippen LogP contribution >= 0.6 is 0 Å². The van der Waals surface area contributed by atoms with Crippen LogP contribution in [0.2, 0.25) is 0 Å². The maximum absolute atomic E-state index is 11.1. The van der Waals surface area contributed by atoms with E-state index in [-0.39, 0.29) is 17.3 Å². The molecule has 0 aromatic carbocycles. The molecule has 1 aliphatic heterocycles. The zero-order valence-corrected chi connectivity index (χ0v) is 10.3. The molecule has 1 saturated heterocycles. The highest BCUT2D eigenvalue weighted by molar-refractivity contribution is 5.85. The van der Waals surface area contributed by atoms with Crippen molar-refractivity contribution in [2.45, 2.75) is 45.1 Å². The van der Waals surface area contributed by atoms with Crippen LogP contribution < -0.4 is 0 Å². The summed E-state index contributed by atoms with van der Waals surface area (Å²) in [7, 11) is 0. The average molecular weight is 239 g/mol. The van der Waals surface area contributed by atoms with Crippen LogP contribution in [-0.4, -0.2) is 22.7 Å². The Hall–Kier alpha value is -1.36. The van der Waals surface area contributed by atoms with E-state index in [2.05, 4.69) is 4.98 Å². The lowest BCUT2D eigenvalue weighted by molar-refractivity contribution is 0.0639. The van der Waals surface area contributed by atoms with Gasteiger partial charge in [0, 0.05) is 12.0 Å². The van der Waals surface area contributed by atoms with Gasteiger partial charge in [-0.15, -0.1) is 0 Å². The van der Waals surface area contributed by atoms with Gasteiger partial charge in [-0.2, -0.15) is 0 Å². The molecule has 94 valence electrons. The van der Waals surface area contributed by atoms with Crippen LogP contribution in [0.15, 0.2) is 4.42 Å². The van der Waals surface area contributed by atoms with Crippen molar-refractivity contribution < 1.29 is 19.1 Å². The van der Waals surface area contributed by atoms with Gasteiger partial charge in [0.25, 0.3) is 0 Å². The summed E-state index contributed by atoms with van der Waals surface area (Å²) in [6, 6.07) is 0. The monoisotopic (exact) mass is 239 g/mol. The summed E-state index contributed by atoms with van der Waals surface area (Å²) in [5.74, 6) is -0.722. The number of carbonyl (C=O) groups is 1. The van der Waals surface area contributed by atoms with Gasteiger partial charge in [0.2, 0.25) is 11.7 Å². The predicted molar refractivity (Wildman–Crippen MR) is 60.1 cm³/mol. The normalized spacial score (nSPS) is 20.8. The first-order valence-corrected chi connectivity index (χ1v) is 5.75. The van der Waals surface area contributed by atoms with Crippen molar-refractivity contribution in [3.05, 3.63) is 17.3 Å². The van der Waals surface area contributed by atoms with E-state index in [0.717, 1.165) is 12.8 Å². The van der Waals surface area contributed by atoms with Crippen LogP contribution in [0.3, 0.4) is 0 Å². The molecule has 1 atom stereocenters. The van der Waals surface area contributed by atoms with Gasteiger partial charge in [0.15, 0.2) is 0 Å². The van der Waals surface area contributed by atoms with Gasteiger partial charge in [-0.1, -0.05) is 20.8 Å². The van der Waals surface area contributed by atoms with Crippen molar-refractivity contribution in [2.24, 2.45) is 0 Å². The standard InChI is InChI=1S/C12H17NO4/c1-12(2,3)11-13-8(7-5-4-6-16-7)9(17-11)10(14)15/h7H,4-6H2,1-3H3,(H,14,15). The van der Waals surface area contributed by atoms with Crippen LogP contribution in [0.25, 0.3) is 0 Å². The zero-order chi connectivity index (χ0) is 12.6. The lowest BCUT2D eigenvalue weighted by atomic mass is 9.97. The first-order valence-electron chi connectivity index (χ1n) is 5.75. The Kier molecular flexibility index (Phi) is 2.95. The number of nitrogens with zero attached hydrogens (tertiary/aromatic N) is 1. The van der Waals surface area contributed by atoms with Gasteiger partial charge in [0.05, 0.1) is 0 Å². The van der Waals surface area contributed by atoms with Crippen molar-refractivity contribution in [1.29, 1.82) is 0 Å². The number of oxazole rings is 1. The second-order valence-corrected chi connectivity index (χ2v) is 5.29. The van der Waals surface area contributed by atoms with E-state index in [0.29, 0.717) is 18.2 Å². The molecule has 0 spiro atoms. The van der Waals surface area contributed by atoms with Gasteiger partial charge < -0.3 is 14.3 Å². The van der Waals surface area contributed by atoms with Crippen molar-refractivity contribution >= 4 is 5.97 Å². The lowest BCUT2D eigenvalue weighted by Crippen LogP contribution is -2.11. The van der Waals surface area contributed by atoms with E-state index in [9.17, 15) is 4.79 Å². The first kappa shape index (κ1) is 12.1. The predicted octanol–water partition coefficient (Wildman–Crippen LogP) is 2.52. The molecule has 1 aromatic heterocycles. The molecule has 2 heterocycles. The van der Waals surface area contributed by atoms with E-state index in [1.165, 1.54) is 0 Å². The Balaban J connectivity index is 2.42. The smallest absolute Gasteiger partial charge is 0.373 e. The molecule has 1 unspecified atom stereocenters. The highest BCUT2D eigenvalue weighted by atomic mass is 16.5. The molecular weight excluding hydrogens is 222 g/mol. The molecule has 1 aromatic rings. The third-order valence-electron chi connectivity index (χ3n) is 2.72. The molecule has 1 aliphatic rings. The van der Waals surface area contributed by atoms with Crippen LogP contribution in [0.4, 0.5) is 0 Å². The second kappa shape index (κ2) is 4.14. The summed E-state index contributed by atoms with van der Waals surface area (Å²) >= 11 is 0. The van der Waals surface area contributed by atoms with Gasteiger partial charge in [0.1, 0.15) is 11.8 Å². The first-order chi connectivity index (χ1) is 7.89. The van der Waals surface area contributed by atoms with Crippen LogP contribution in [0.1, 0.15) is 61.9 Å². The van der Waals surface area contributed by atoms with Crippen LogP contribution in [0.5, 0.6) is 0 Å². The Bertz CT molecular complexity index is 424. The Morgan fingerprint density at radius 3 is 2.65 bits per heavy atom. The summed E-state index contributed by atoms with van der Waals surface area (Å²) in [4.78, 5) is 15.4. The van der Waals surface area contributed by atoms with Crippen molar-refractivity contribution in [3.63, 3.8) is 0 Å². The van der Waals surface area contributed by atoms with Crippen molar-refractivity contribution in [3.8, 4) is 0 Å². The number of aromatic nitrogens is 1. The largest absolute Gasteiger partial charge is 0.475 e. The number of carboxylic acid groups (broad SMARTS) is 1. The molecule has 0 saturated carbocycles. The van der Waals surface area contributed by atoms with E-state index >= 15 is 0 Å². The molecule has 0 aliphatic carbocycles. The van der Waals surface area contributed by atoms with Crippen molar-refractivity contribution in [2.75, 3.05) is 6.61 Å². The SMILES string of the molecule is CC(C)(C)c1nc(C2CCCO2)c(C(=O)O)o1. The number of aromatic carboxylic acids is 1. The van der Waals surface area contributed by atoms with Crippen LogP contribution in [-0.2, 0) is 10.2 Å². The molecule has 0 amide bonds. The maximum Gasteiger partial charge on any atom is 0.373 e. The second-order valence-electron chi connectivity index (χ2n) is 5.29. The average Bonchev–Trinajstić information content (AvgIpc) is 2.85. The van der Waals surface area contributed by atoms with Crippen molar-refractivity contribution in [1.82, 2.24) is 4.98 Å². The molecule has 1 fully saturated rings. The quantitative estimate of drug-likeness (QED) is 0.858. The number of carboxylic acids is 1. The van der Waals surface area contributed by atoms with Gasteiger partial charge >= 0.3 is 5.97 Å². The minimum atomic E-state index is -1.08. The molecule has 17 heavy (non-hydrogen) atoms. The Morgan fingerprint density at radius 1 is 1.47 bits per heavy atom. The van der Waals surface area contributed by atoms with E-state index in [4.69, 9.17) is 14.3 Å². The third kappa shape index (κ3) is 2.34. The third-order valence-corrected chi connectivity index (χ3v) is 2.72. The summed E-state index contributed by atoms with van der Waals surface area (Å²) < 4.78 is 10.8. The van der Waals surface area contributed by atoms with Gasteiger partial charge in [-0.25, -0.2) is 9.78 Å². The minimum Gasteiger partial charge on any atom is -0.475 e. The van der Waals surface area contributed by atoms with Crippen LogP contribution in [0, 0.1) is 0 Å². The fourth-order valence-corrected chi connectivity index (χ4v) is 1.82. The van der Waals surface area contributed by atoms with E-state index in [1.807, 2.05) is 20.8 Å². The molecule has 0 radical (unpaired) electrons. The fourth-order valence-electron chi connectivity index (χ4n) is 1.82. The summed E-state index contributed by atoms with van der Waals surface area (Å²) in [5.41, 5.74) is 0.126. The fraction of sp³-hybridized carbons (Fsp3) is 0.667. The highest BCUT2D eigenvalue weighted by Crippen LogP contribution is 2.33. The summed E-state index contributed by atoms with van der Waals surface area (Å²) in [6.45, 7) is 6.46. The number of hydrogen-bond donors (Lipinski definition) is 1. The highest BCUT2D eigenvalue weighted by Gasteiger charge is 2.32. The van der Waals surface area contributed by atoms with Gasteiger partial charge in [-0.3, -0.25) is 0 Å². The lowest BCUT2D eigenvalue weighted by Gasteiger charge is -2.12. The Labute approximate surface area is 99.8 Å². The molecule has 2 rings (SSSR count). The number of hydrogen-bond acceptors (Lipinski definition) is 4. The molecule has 0 bridgehead atoms. The topological polar surface area (TPSA) is 72.6 Å². The van der Waals surface area contributed by atoms with E-state index < -0.39 is 5.97 Å². The number of rotatable bonds is 2.